The Hall–Kier alpha value is -1.03. The summed E-state index contributed by atoms with van der Waals surface area (Å²) in [7, 11) is -2.29. The summed E-state index contributed by atoms with van der Waals surface area (Å²) in [6.45, 7) is -0.296. The number of hydrogen-bond acceptors (Lipinski definition) is 6. The summed E-state index contributed by atoms with van der Waals surface area (Å²) in [6.07, 6.45) is -1.03. The zero-order chi connectivity index (χ0) is 17.7. The van der Waals surface area contributed by atoms with Crippen molar-refractivity contribution < 1.29 is 23.0 Å². The predicted molar refractivity (Wildman–Crippen MR) is 94.0 cm³/mol. The molecule has 24 heavy (non-hydrogen) atoms. The van der Waals surface area contributed by atoms with E-state index in [-0.39, 0.29) is 26.7 Å². The minimum Gasteiger partial charge on any atom is -0.497 e. The highest BCUT2D eigenvalue weighted by atomic mass is 35.5. The van der Waals surface area contributed by atoms with E-state index >= 15 is 0 Å². The lowest BCUT2D eigenvalue weighted by atomic mass is 10.3. The minimum atomic E-state index is -3.85. The Kier molecular flexibility index (Phi) is 6.73. The summed E-state index contributed by atoms with van der Waals surface area (Å²) in [5, 5.41) is 9.86. The summed E-state index contributed by atoms with van der Waals surface area (Å²) in [6, 6.07) is 8.06. The molecule has 0 aliphatic rings. The molecule has 0 radical (unpaired) electrons. The Morgan fingerprint density at radius 2 is 1.88 bits per heavy atom. The highest BCUT2D eigenvalue weighted by molar-refractivity contribution is 7.89. The number of ether oxygens (including phenoxy) is 2. The van der Waals surface area contributed by atoms with Crippen molar-refractivity contribution in [1.82, 2.24) is 4.72 Å². The summed E-state index contributed by atoms with van der Waals surface area (Å²) < 4.78 is 37.2. The van der Waals surface area contributed by atoms with Crippen LogP contribution in [0.2, 0.25) is 8.67 Å². The average molecular weight is 412 g/mol. The van der Waals surface area contributed by atoms with Gasteiger partial charge in [0.25, 0.3) is 0 Å². The fourth-order valence-corrected chi connectivity index (χ4v) is 4.94. The Balaban J connectivity index is 1.86. The van der Waals surface area contributed by atoms with Gasteiger partial charge in [-0.3, -0.25) is 0 Å². The van der Waals surface area contributed by atoms with Crippen molar-refractivity contribution in [3.8, 4) is 11.5 Å². The van der Waals surface area contributed by atoms with Crippen LogP contribution in [0.4, 0.5) is 0 Å². The summed E-state index contributed by atoms with van der Waals surface area (Å²) >= 11 is 12.5. The lowest BCUT2D eigenvalue weighted by Crippen LogP contribution is -2.35. The highest BCUT2D eigenvalue weighted by Gasteiger charge is 2.22. The molecule has 2 aromatic rings. The van der Waals surface area contributed by atoms with Crippen molar-refractivity contribution in [3.05, 3.63) is 39.0 Å². The SMILES string of the molecule is COc1ccc(OC[C@@H](O)CNS(=O)(=O)c2cc(Cl)sc2Cl)cc1. The average Bonchev–Trinajstić information content (AvgIpc) is 2.91. The maximum absolute atomic E-state index is 12.1. The number of rotatable bonds is 8. The summed E-state index contributed by atoms with van der Waals surface area (Å²) in [4.78, 5) is -0.109. The van der Waals surface area contributed by atoms with E-state index in [9.17, 15) is 13.5 Å². The molecule has 1 aromatic heterocycles. The number of nitrogens with one attached hydrogen (secondary N) is 1. The van der Waals surface area contributed by atoms with Crippen molar-refractivity contribution in [2.75, 3.05) is 20.3 Å². The number of benzene rings is 1. The first kappa shape index (κ1) is 19.3. The molecular formula is C14H15Cl2NO5S2. The Morgan fingerprint density at radius 3 is 2.42 bits per heavy atom. The number of aliphatic hydroxyl groups excluding tert-OH is 1. The van der Waals surface area contributed by atoms with Gasteiger partial charge in [0.1, 0.15) is 33.4 Å². The topological polar surface area (TPSA) is 84.9 Å². The van der Waals surface area contributed by atoms with E-state index < -0.39 is 16.1 Å². The van der Waals surface area contributed by atoms with Gasteiger partial charge in [0.2, 0.25) is 10.0 Å². The number of thiophene rings is 1. The summed E-state index contributed by atoms with van der Waals surface area (Å²) in [5.41, 5.74) is 0. The third-order valence-electron chi connectivity index (χ3n) is 2.93. The van der Waals surface area contributed by atoms with Gasteiger partial charge in [0.05, 0.1) is 11.4 Å². The summed E-state index contributed by atoms with van der Waals surface area (Å²) in [5.74, 6) is 1.22. The van der Waals surface area contributed by atoms with Gasteiger partial charge in [-0.1, -0.05) is 23.2 Å². The fourth-order valence-electron chi connectivity index (χ4n) is 1.72. The number of halogens is 2. The van der Waals surface area contributed by atoms with E-state index in [1.54, 1.807) is 31.4 Å². The van der Waals surface area contributed by atoms with Crippen LogP contribution in [-0.2, 0) is 10.0 Å². The molecule has 132 valence electrons. The van der Waals surface area contributed by atoms with Gasteiger partial charge in [-0.15, -0.1) is 11.3 Å². The van der Waals surface area contributed by atoms with Crippen molar-refractivity contribution >= 4 is 44.6 Å². The van der Waals surface area contributed by atoms with Crippen LogP contribution >= 0.6 is 34.5 Å². The molecule has 2 N–H and O–H groups in total. The minimum absolute atomic E-state index is 0.0662. The van der Waals surface area contributed by atoms with Crippen molar-refractivity contribution in [2.24, 2.45) is 0 Å². The number of methoxy groups -OCH3 is 1. The van der Waals surface area contributed by atoms with E-state index in [0.29, 0.717) is 11.5 Å². The quantitative estimate of drug-likeness (QED) is 0.697. The third kappa shape index (κ3) is 5.23. The van der Waals surface area contributed by atoms with E-state index in [0.717, 1.165) is 11.3 Å². The largest absolute Gasteiger partial charge is 0.497 e. The van der Waals surface area contributed by atoms with Crippen LogP contribution < -0.4 is 14.2 Å². The highest BCUT2D eigenvalue weighted by Crippen LogP contribution is 2.34. The monoisotopic (exact) mass is 411 g/mol. The lowest BCUT2D eigenvalue weighted by Gasteiger charge is -2.13. The predicted octanol–water partition coefficient (Wildman–Crippen LogP) is 2.78. The molecule has 0 saturated heterocycles. The number of hydrogen-bond donors (Lipinski definition) is 2. The van der Waals surface area contributed by atoms with E-state index in [1.807, 2.05) is 0 Å². The van der Waals surface area contributed by atoms with Crippen LogP contribution in [0, 0.1) is 0 Å². The van der Waals surface area contributed by atoms with Crippen molar-refractivity contribution in [2.45, 2.75) is 11.0 Å². The van der Waals surface area contributed by atoms with Crippen LogP contribution in [0.3, 0.4) is 0 Å². The molecule has 1 aromatic carbocycles. The van der Waals surface area contributed by atoms with E-state index in [1.165, 1.54) is 6.07 Å². The molecule has 0 unspecified atom stereocenters. The van der Waals surface area contributed by atoms with Crippen LogP contribution in [0.25, 0.3) is 0 Å². The molecular weight excluding hydrogens is 397 g/mol. The van der Waals surface area contributed by atoms with Crippen molar-refractivity contribution in [3.63, 3.8) is 0 Å². The van der Waals surface area contributed by atoms with E-state index in [2.05, 4.69) is 4.72 Å². The second-order valence-corrected chi connectivity index (χ2v) is 8.70. The molecule has 0 bridgehead atoms. The van der Waals surface area contributed by atoms with Crippen LogP contribution in [0.1, 0.15) is 0 Å². The first-order valence-corrected chi connectivity index (χ1v) is 9.77. The van der Waals surface area contributed by atoms with Gasteiger partial charge in [-0.25, -0.2) is 13.1 Å². The van der Waals surface area contributed by atoms with Gasteiger partial charge < -0.3 is 14.6 Å². The normalized spacial score (nSPS) is 12.8. The molecule has 0 amide bonds. The molecule has 0 fully saturated rings. The maximum Gasteiger partial charge on any atom is 0.243 e. The van der Waals surface area contributed by atoms with E-state index in [4.69, 9.17) is 32.7 Å². The van der Waals surface area contributed by atoms with Crippen LogP contribution in [-0.4, -0.2) is 39.9 Å². The molecule has 0 spiro atoms. The first-order valence-electron chi connectivity index (χ1n) is 6.71. The second-order valence-electron chi connectivity index (χ2n) is 4.68. The Morgan fingerprint density at radius 1 is 1.25 bits per heavy atom. The molecule has 0 aliphatic carbocycles. The zero-order valence-corrected chi connectivity index (χ0v) is 15.7. The fraction of sp³-hybridized carbons (Fsp3) is 0.286. The van der Waals surface area contributed by atoms with Gasteiger partial charge in [0, 0.05) is 6.54 Å². The molecule has 2 rings (SSSR count). The number of sulfonamides is 1. The zero-order valence-electron chi connectivity index (χ0n) is 12.5. The molecule has 10 heteroatoms. The Bertz CT molecular complexity index is 777. The van der Waals surface area contributed by atoms with Gasteiger partial charge in [-0.05, 0) is 30.3 Å². The second kappa shape index (κ2) is 8.37. The van der Waals surface area contributed by atoms with Crippen LogP contribution in [0.15, 0.2) is 35.2 Å². The van der Waals surface area contributed by atoms with Gasteiger partial charge in [0.15, 0.2) is 0 Å². The number of aliphatic hydroxyl groups is 1. The molecule has 1 atom stereocenters. The van der Waals surface area contributed by atoms with Gasteiger partial charge in [-0.2, -0.15) is 0 Å². The molecule has 0 saturated carbocycles. The third-order valence-corrected chi connectivity index (χ3v) is 6.10. The molecule has 6 nitrogen and oxygen atoms in total. The lowest BCUT2D eigenvalue weighted by molar-refractivity contribution is 0.111. The standard InChI is InChI=1S/C14H15Cl2NO5S2/c1-21-10-2-4-11(5-3-10)22-8-9(18)7-17-24(19,20)12-6-13(15)23-14(12)16/h2-6,9,17-18H,7-8H2,1H3/t9-/m0/s1. The molecule has 1 heterocycles. The van der Waals surface area contributed by atoms with Gasteiger partial charge >= 0.3 is 0 Å². The van der Waals surface area contributed by atoms with Crippen molar-refractivity contribution in [1.29, 1.82) is 0 Å². The molecule has 0 aliphatic heterocycles. The smallest absolute Gasteiger partial charge is 0.243 e. The Labute approximate surface area is 154 Å². The van der Waals surface area contributed by atoms with Crippen LogP contribution in [0.5, 0.6) is 11.5 Å². The maximum atomic E-state index is 12.1. The first-order chi connectivity index (χ1) is 11.3.